The molecule has 0 spiro atoms. The third-order valence-corrected chi connectivity index (χ3v) is 2.46. The second-order valence-electron chi connectivity index (χ2n) is 3.20. The van der Waals surface area contributed by atoms with Crippen LogP contribution in [0, 0.1) is 0 Å². The molecule has 0 aliphatic carbocycles. The second-order valence-corrected chi connectivity index (χ2v) is 3.91. The zero-order valence-corrected chi connectivity index (χ0v) is 9.21. The van der Waals surface area contributed by atoms with Crippen molar-refractivity contribution in [2.45, 2.75) is 19.9 Å². The van der Waals surface area contributed by atoms with E-state index in [4.69, 9.17) is 23.2 Å². The number of nitrogens with zero attached hydrogens (tertiary/aromatic N) is 4. The van der Waals surface area contributed by atoms with Crippen LogP contribution >= 0.6 is 23.2 Å². The third kappa shape index (κ3) is 1.44. The Bertz CT molecular complexity index is 477. The van der Waals surface area contributed by atoms with Crippen molar-refractivity contribution in [2.75, 3.05) is 0 Å². The molecule has 0 bridgehead atoms. The van der Waals surface area contributed by atoms with Gasteiger partial charge in [0.25, 0.3) is 0 Å². The summed E-state index contributed by atoms with van der Waals surface area (Å²) in [5.41, 5.74) is 1.32. The molecule has 2 aromatic rings. The van der Waals surface area contributed by atoms with Crippen molar-refractivity contribution >= 4 is 34.4 Å². The summed E-state index contributed by atoms with van der Waals surface area (Å²) in [6.45, 7) is 4.02. The van der Waals surface area contributed by atoms with Gasteiger partial charge in [-0.25, -0.2) is 14.6 Å². The molecule has 0 radical (unpaired) electrons. The SMILES string of the molecule is CC(C)n1ncc2nc(Cl)c(Cl)nc21. The smallest absolute Gasteiger partial charge is 0.178 e. The lowest BCUT2D eigenvalue weighted by molar-refractivity contribution is 0.546. The zero-order valence-electron chi connectivity index (χ0n) is 7.70. The van der Waals surface area contributed by atoms with E-state index < -0.39 is 0 Å². The molecule has 0 amide bonds. The van der Waals surface area contributed by atoms with Crippen molar-refractivity contribution in [2.24, 2.45) is 0 Å². The maximum Gasteiger partial charge on any atom is 0.178 e. The fourth-order valence-corrected chi connectivity index (χ4v) is 1.46. The normalized spacial score (nSPS) is 11.5. The summed E-state index contributed by atoms with van der Waals surface area (Å²) in [6, 6.07) is 0.221. The predicted molar refractivity (Wildman–Crippen MR) is 55.7 cm³/mol. The Kier molecular flexibility index (Phi) is 2.33. The van der Waals surface area contributed by atoms with Crippen LogP contribution in [0.1, 0.15) is 19.9 Å². The maximum absolute atomic E-state index is 5.77. The summed E-state index contributed by atoms with van der Waals surface area (Å²) >= 11 is 11.5. The zero-order chi connectivity index (χ0) is 10.3. The van der Waals surface area contributed by atoms with Gasteiger partial charge in [-0.1, -0.05) is 23.2 Å². The van der Waals surface area contributed by atoms with Crippen molar-refractivity contribution in [1.82, 2.24) is 19.7 Å². The number of aromatic nitrogens is 4. The molecule has 0 aliphatic heterocycles. The molecule has 6 heteroatoms. The van der Waals surface area contributed by atoms with Crippen LogP contribution in [0.5, 0.6) is 0 Å². The van der Waals surface area contributed by atoms with Gasteiger partial charge < -0.3 is 0 Å². The Hall–Kier alpha value is -0.870. The summed E-state index contributed by atoms with van der Waals surface area (Å²) < 4.78 is 1.75. The van der Waals surface area contributed by atoms with Crippen LogP contribution in [0.15, 0.2) is 6.20 Å². The maximum atomic E-state index is 5.77. The largest absolute Gasteiger partial charge is 0.243 e. The molecule has 4 nitrogen and oxygen atoms in total. The number of hydrogen-bond acceptors (Lipinski definition) is 3. The van der Waals surface area contributed by atoms with E-state index in [1.165, 1.54) is 0 Å². The lowest BCUT2D eigenvalue weighted by Crippen LogP contribution is -2.03. The van der Waals surface area contributed by atoms with Crippen molar-refractivity contribution < 1.29 is 0 Å². The van der Waals surface area contributed by atoms with E-state index in [0.717, 1.165) is 0 Å². The van der Waals surface area contributed by atoms with Crippen LogP contribution in [0.3, 0.4) is 0 Å². The Morgan fingerprint density at radius 2 is 1.86 bits per heavy atom. The highest BCUT2D eigenvalue weighted by atomic mass is 35.5. The van der Waals surface area contributed by atoms with Gasteiger partial charge in [0.1, 0.15) is 5.52 Å². The fraction of sp³-hybridized carbons (Fsp3) is 0.375. The van der Waals surface area contributed by atoms with Gasteiger partial charge in [0.15, 0.2) is 16.0 Å². The van der Waals surface area contributed by atoms with Crippen molar-refractivity contribution in [1.29, 1.82) is 0 Å². The first-order chi connectivity index (χ1) is 6.59. The average molecular weight is 231 g/mol. The molecule has 14 heavy (non-hydrogen) atoms. The average Bonchev–Trinajstić information content (AvgIpc) is 2.48. The Labute approximate surface area is 90.9 Å². The lowest BCUT2D eigenvalue weighted by Gasteiger charge is -2.05. The van der Waals surface area contributed by atoms with E-state index in [9.17, 15) is 0 Å². The topological polar surface area (TPSA) is 43.6 Å². The summed E-state index contributed by atoms with van der Waals surface area (Å²) in [4.78, 5) is 8.19. The van der Waals surface area contributed by atoms with Crippen LogP contribution in [-0.2, 0) is 0 Å². The van der Waals surface area contributed by atoms with Crippen LogP contribution < -0.4 is 0 Å². The Balaban J connectivity index is 2.74. The highest BCUT2D eigenvalue weighted by Gasteiger charge is 2.11. The van der Waals surface area contributed by atoms with Gasteiger partial charge in [0.2, 0.25) is 0 Å². The van der Waals surface area contributed by atoms with Crippen molar-refractivity contribution in [3.05, 3.63) is 16.5 Å². The van der Waals surface area contributed by atoms with Gasteiger partial charge in [-0.2, -0.15) is 5.10 Å². The minimum absolute atomic E-state index is 0.210. The predicted octanol–water partition coefficient (Wildman–Crippen LogP) is 2.71. The number of hydrogen-bond donors (Lipinski definition) is 0. The molecule has 74 valence electrons. The molecule has 2 aromatic heterocycles. The molecule has 2 heterocycles. The molecule has 2 rings (SSSR count). The number of fused-ring (bicyclic) bond motifs is 1. The molecule has 0 unspecified atom stereocenters. The Morgan fingerprint density at radius 1 is 1.21 bits per heavy atom. The van der Waals surface area contributed by atoms with Crippen molar-refractivity contribution in [3.63, 3.8) is 0 Å². The minimum Gasteiger partial charge on any atom is -0.243 e. The third-order valence-electron chi connectivity index (χ3n) is 1.83. The van der Waals surface area contributed by atoms with E-state index in [-0.39, 0.29) is 16.3 Å². The van der Waals surface area contributed by atoms with Gasteiger partial charge in [0, 0.05) is 6.04 Å². The Morgan fingerprint density at radius 3 is 2.50 bits per heavy atom. The van der Waals surface area contributed by atoms with Gasteiger partial charge in [0.05, 0.1) is 6.20 Å². The highest BCUT2D eigenvalue weighted by Crippen LogP contribution is 2.22. The minimum atomic E-state index is 0.210. The monoisotopic (exact) mass is 230 g/mol. The molecule has 0 aromatic carbocycles. The summed E-state index contributed by atoms with van der Waals surface area (Å²) in [7, 11) is 0. The van der Waals surface area contributed by atoms with Gasteiger partial charge in [-0.15, -0.1) is 0 Å². The van der Waals surface area contributed by atoms with Crippen LogP contribution in [0.2, 0.25) is 10.3 Å². The van der Waals surface area contributed by atoms with E-state index in [1.54, 1.807) is 10.9 Å². The summed E-state index contributed by atoms with van der Waals surface area (Å²) in [5.74, 6) is 0. The van der Waals surface area contributed by atoms with E-state index in [1.807, 2.05) is 13.8 Å². The second kappa shape index (κ2) is 3.37. The number of rotatable bonds is 1. The molecule has 0 saturated carbocycles. The molecule has 0 N–H and O–H groups in total. The van der Waals surface area contributed by atoms with Crippen LogP contribution in [-0.4, -0.2) is 19.7 Å². The molecule has 0 fully saturated rings. The van der Waals surface area contributed by atoms with Gasteiger partial charge >= 0.3 is 0 Å². The van der Waals surface area contributed by atoms with E-state index in [2.05, 4.69) is 15.1 Å². The first kappa shape index (κ1) is 9.68. The molecule has 0 saturated heterocycles. The van der Waals surface area contributed by atoms with Crippen molar-refractivity contribution in [3.8, 4) is 0 Å². The summed E-state index contributed by atoms with van der Waals surface area (Å²) in [6.07, 6.45) is 1.63. The number of halogens is 2. The molecule has 0 aliphatic rings. The standard InChI is InChI=1S/C8H8Cl2N4/c1-4(2)14-8-5(3-11-14)12-6(9)7(10)13-8/h3-4H,1-2H3. The molecular formula is C8H8Cl2N4. The molecule has 0 atom stereocenters. The molecular weight excluding hydrogens is 223 g/mol. The summed E-state index contributed by atoms with van der Waals surface area (Å²) in [5, 5.41) is 4.57. The quantitative estimate of drug-likeness (QED) is 0.757. The van der Waals surface area contributed by atoms with Gasteiger partial charge in [-0.3, -0.25) is 0 Å². The first-order valence-electron chi connectivity index (χ1n) is 4.16. The van der Waals surface area contributed by atoms with Crippen LogP contribution in [0.4, 0.5) is 0 Å². The van der Waals surface area contributed by atoms with Crippen LogP contribution in [0.25, 0.3) is 11.2 Å². The van der Waals surface area contributed by atoms with E-state index in [0.29, 0.717) is 11.2 Å². The van der Waals surface area contributed by atoms with Gasteiger partial charge in [-0.05, 0) is 13.8 Å². The fourth-order valence-electron chi connectivity index (χ4n) is 1.20. The van der Waals surface area contributed by atoms with E-state index >= 15 is 0 Å². The first-order valence-corrected chi connectivity index (χ1v) is 4.91. The lowest BCUT2D eigenvalue weighted by atomic mass is 10.4. The highest BCUT2D eigenvalue weighted by molar-refractivity contribution is 6.40.